The Morgan fingerprint density at radius 2 is 1.93 bits per heavy atom. The van der Waals surface area contributed by atoms with Crippen LogP contribution in [0.25, 0.3) is 22.2 Å². The number of primary amides is 1. The van der Waals surface area contributed by atoms with Gasteiger partial charge in [0.2, 0.25) is 0 Å². The Labute approximate surface area is 174 Å². The van der Waals surface area contributed by atoms with Crippen LogP contribution in [-0.2, 0) is 9.53 Å². The van der Waals surface area contributed by atoms with Crippen molar-refractivity contribution < 1.29 is 18.4 Å². The maximum atomic E-state index is 13.4. The van der Waals surface area contributed by atoms with Crippen molar-refractivity contribution in [2.24, 2.45) is 5.73 Å². The van der Waals surface area contributed by atoms with Crippen LogP contribution in [0.15, 0.2) is 47.0 Å². The second-order valence-electron chi connectivity index (χ2n) is 7.67. The van der Waals surface area contributed by atoms with Crippen LogP contribution >= 0.6 is 0 Å². The molecular formula is C23H26FN3O3. The first-order chi connectivity index (χ1) is 14.6. The number of hydrogen-bond acceptors (Lipinski definition) is 5. The topological polar surface area (TPSA) is 81.6 Å². The van der Waals surface area contributed by atoms with Crippen LogP contribution in [0.2, 0.25) is 0 Å². The minimum atomic E-state index is -0.825. The first kappa shape index (κ1) is 20.5. The van der Waals surface area contributed by atoms with Crippen molar-refractivity contribution in [2.75, 3.05) is 13.1 Å². The summed E-state index contributed by atoms with van der Waals surface area (Å²) in [6.45, 7) is 4.00. The first-order valence-electron chi connectivity index (χ1n) is 10.4. The fraction of sp³-hybridized carbons (Fsp3) is 0.391. The Balaban J connectivity index is 1.56. The molecule has 0 bridgehead atoms. The maximum Gasteiger partial charge on any atom is 0.251 e. The number of benzene rings is 2. The summed E-state index contributed by atoms with van der Waals surface area (Å²) in [6, 6.07) is 11.6. The van der Waals surface area contributed by atoms with E-state index in [0.717, 1.165) is 43.3 Å². The standard InChI is InChI=1S/C23H26FN3O3/c1-2-20(27-12-4-3-5-13-27)29-22(23(25)28)16-8-6-15(7-9-16)21-18-11-10-17(24)14-19(18)30-26-21/h6-11,14,20,22H,2-5,12-13H2,1H3,(H2,25,28). The van der Waals surface area contributed by atoms with Gasteiger partial charge in [-0.25, -0.2) is 4.39 Å². The fourth-order valence-corrected chi connectivity index (χ4v) is 4.05. The van der Waals surface area contributed by atoms with Gasteiger partial charge in [-0.2, -0.15) is 0 Å². The van der Waals surface area contributed by atoms with Crippen molar-refractivity contribution in [1.82, 2.24) is 10.1 Å². The van der Waals surface area contributed by atoms with Gasteiger partial charge in [0.25, 0.3) is 5.91 Å². The number of carbonyl (C=O) groups excluding carboxylic acids is 1. The zero-order valence-corrected chi connectivity index (χ0v) is 17.0. The molecule has 2 N–H and O–H groups in total. The number of aromatic nitrogens is 1. The number of piperidine rings is 1. The van der Waals surface area contributed by atoms with Crippen LogP contribution in [0, 0.1) is 5.82 Å². The number of carbonyl (C=O) groups is 1. The summed E-state index contributed by atoms with van der Waals surface area (Å²) in [5, 5.41) is 4.79. The summed E-state index contributed by atoms with van der Waals surface area (Å²) in [6.07, 6.45) is 3.34. The molecule has 30 heavy (non-hydrogen) atoms. The molecule has 7 heteroatoms. The SMILES string of the molecule is CCC(OC(C(N)=O)c1ccc(-c2noc3cc(F)ccc23)cc1)N1CCCCC1. The molecule has 1 aromatic heterocycles. The lowest BCUT2D eigenvalue weighted by molar-refractivity contribution is -0.147. The van der Waals surface area contributed by atoms with Gasteiger partial charge < -0.3 is 15.0 Å². The van der Waals surface area contributed by atoms with E-state index in [0.29, 0.717) is 16.8 Å². The molecular weight excluding hydrogens is 385 g/mol. The molecule has 0 aliphatic carbocycles. The smallest absolute Gasteiger partial charge is 0.251 e. The van der Waals surface area contributed by atoms with E-state index < -0.39 is 12.0 Å². The Morgan fingerprint density at radius 1 is 1.20 bits per heavy atom. The fourth-order valence-electron chi connectivity index (χ4n) is 4.05. The van der Waals surface area contributed by atoms with Crippen molar-refractivity contribution >= 4 is 16.9 Å². The number of nitrogens with two attached hydrogens (primary N) is 1. The summed E-state index contributed by atoms with van der Waals surface area (Å²) >= 11 is 0. The van der Waals surface area contributed by atoms with Gasteiger partial charge in [0.15, 0.2) is 11.7 Å². The normalized spacial score (nSPS) is 17.1. The maximum absolute atomic E-state index is 13.4. The average Bonchev–Trinajstić information content (AvgIpc) is 3.18. The van der Waals surface area contributed by atoms with E-state index in [4.69, 9.17) is 15.0 Å². The third-order valence-corrected chi connectivity index (χ3v) is 5.62. The molecule has 0 radical (unpaired) electrons. The van der Waals surface area contributed by atoms with E-state index in [-0.39, 0.29) is 12.0 Å². The molecule has 2 aromatic carbocycles. The monoisotopic (exact) mass is 411 g/mol. The lowest BCUT2D eigenvalue weighted by Crippen LogP contribution is -2.42. The van der Waals surface area contributed by atoms with Gasteiger partial charge in [-0.1, -0.05) is 42.8 Å². The van der Waals surface area contributed by atoms with Gasteiger partial charge >= 0.3 is 0 Å². The minimum absolute atomic E-state index is 0.142. The van der Waals surface area contributed by atoms with Gasteiger partial charge in [-0.05, 0) is 37.0 Å². The van der Waals surface area contributed by atoms with Crippen molar-refractivity contribution in [3.05, 3.63) is 53.8 Å². The molecule has 0 spiro atoms. The number of nitrogens with zero attached hydrogens (tertiary/aromatic N) is 2. The molecule has 2 atom stereocenters. The van der Waals surface area contributed by atoms with E-state index in [1.54, 1.807) is 6.07 Å². The summed E-state index contributed by atoms with van der Waals surface area (Å²) in [5.41, 5.74) is 8.18. The summed E-state index contributed by atoms with van der Waals surface area (Å²) < 4.78 is 24.8. The molecule has 1 saturated heterocycles. The molecule has 2 heterocycles. The molecule has 4 rings (SSSR count). The number of fused-ring (bicyclic) bond motifs is 1. The molecule has 158 valence electrons. The lowest BCUT2D eigenvalue weighted by atomic mass is 10.0. The number of ether oxygens (including phenoxy) is 1. The van der Waals surface area contributed by atoms with Crippen LogP contribution in [0.4, 0.5) is 4.39 Å². The van der Waals surface area contributed by atoms with Crippen LogP contribution in [0.5, 0.6) is 0 Å². The first-order valence-corrected chi connectivity index (χ1v) is 10.4. The number of amides is 1. The van der Waals surface area contributed by atoms with E-state index in [1.165, 1.54) is 18.6 Å². The van der Waals surface area contributed by atoms with Gasteiger partial charge in [0, 0.05) is 30.1 Å². The third-order valence-electron chi connectivity index (χ3n) is 5.62. The second kappa shape index (κ2) is 8.93. The zero-order chi connectivity index (χ0) is 21.1. The average molecular weight is 411 g/mol. The van der Waals surface area contributed by atoms with E-state index in [9.17, 15) is 9.18 Å². The number of rotatable bonds is 7. The summed E-state index contributed by atoms with van der Waals surface area (Å²) in [5.74, 6) is -0.887. The Morgan fingerprint density at radius 3 is 2.60 bits per heavy atom. The van der Waals surface area contributed by atoms with Crippen LogP contribution in [0.1, 0.15) is 44.3 Å². The Bertz CT molecular complexity index is 1010. The number of likely N-dealkylation sites (tertiary alicyclic amines) is 1. The van der Waals surface area contributed by atoms with Gasteiger partial charge in [-0.15, -0.1) is 0 Å². The molecule has 6 nitrogen and oxygen atoms in total. The van der Waals surface area contributed by atoms with Crippen molar-refractivity contribution in [3.8, 4) is 11.3 Å². The number of hydrogen-bond donors (Lipinski definition) is 1. The predicted molar refractivity (Wildman–Crippen MR) is 112 cm³/mol. The summed E-state index contributed by atoms with van der Waals surface area (Å²) in [7, 11) is 0. The Hall–Kier alpha value is -2.77. The van der Waals surface area contributed by atoms with Gasteiger partial charge in [-0.3, -0.25) is 9.69 Å². The highest BCUT2D eigenvalue weighted by atomic mass is 19.1. The molecule has 1 fully saturated rings. The van der Waals surface area contributed by atoms with Gasteiger partial charge in [0.1, 0.15) is 17.7 Å². The van der Waals surface area contributed by atoms with E-state index in [1.807, 2.05) is 24.3 Å². The zero-order valence-electron chi connectivity index (χ0n) is 17.0. The lowest BCUT2D eigenvalue weighted by Gasteiger charge is -2.35. The van der Waals surface area contributed by atoms with E-state index >= 15 is 0 Å². The molecule has 1 aliphatic rings. The molecule has 0 saturated carbocycles. The third kappa shape index (κ3) is 4.22. The van der Waals surface area contributed by atoms with Gasteiger partial charge in [0.05, 0.1) is 0 Å². The van der Waals surface area contributed by atoms with Crippen molar-refractivity contribution in [2.45, 2.75) is 44.9 Å². The second-order valence-corrected chi connectivity index (χ2v) is 7.67. The highest BCUT2D eigenvalue weighted by molar-refractivity contribution is 5.91. The quantitative estimate of drug-likeness (QED) is 0.623. The highest BCUT2D eigenvalue weighted by Crippen LogP contribution is 2.30. The largest absolute Gasteiger partial charge is 0.367 e. The Kier molecular flexibility index (Phi) is 6.11. The van der Waals surface area contributed by atoms with Crippen LogP contribution in [-0.4, -0.2) is 35.3 Å². The van der Waals surface area contributed by atoms with E-state index in [2.05, 4.69) is 17.0 Å². The summed E-state index contributed by atoms with van der Waals surface area (Å²) in [4.78, 5) is 14.5. The predicted octanol–water partition coefficient (Wildman–Crippen LogP) is 4.40. The molecule has 1 aliphatic heterocycles. The molecule has 2 unspecified atom stereocenters. The van der Waals surface area contributed by atoms with Crippen LogP contribution < -0.4 is 5.73 Å². The number of halogens is 1. The van der Waals surface area contributed by atoms with Crippen molar-refractivity contribution in [3.63, 3.8) is 0 Å². The van der Waals surface area contributed by atoms with Crippen LogP contribution in [0.3, 0.4) is 0 Å². The molecule has 1 amide bonds. The molecule has 3 aromatic rings. The van der Waals surface area contributed by atoms with Crippen molar-refractivity contribution in [1.29, 1.82) is 0 Å². The highest BCUT2D eigenvalue weighted by Gasteiger charge is 2.27. The minimum Gasteiger partial charge on any atom is -0.367 e.